The van der Waals surface area contributed by atoms with Crippen molar-refractivity contribution in [3.05, 3.63) is 78.1 Å². The average molecular weight is 471 g/mol. The lowest BCUT2D eigenvalue weighted by atomic mass is 9.97. The summed E-state index contributed by atoms with van der Waals surface area (Å²) >= 11 is 5.97. The highest BCUT2D eigenvalue weighted by atomic mass is 35.5. The predicted octanol–water partition coefficient (Wildman–Crippen LogP) is 4.52. The number of halogens is 1. The molecule has 0 unspecified atom stereocenters. The van der Waals surface area contributed by atoms with Crippen LogP contribution in [-0.2, 0) is 14.8 Å². The minimum Gasteiger partial charge on any atom is -0.356 e. The van der Waals surface area contributed by atoms with Crippen molar-refractivity contribution < 1.29 is 13.2 Å². The van der Waals surface area contributed by atoms with Crippen molar-refractivity contribution in [2.45, 2.75) is 17.7 Å². The molecule has 1 saturated heterocycles. The van der Waals surface area contributed by atoms with E-state index in [9.17, 15) is 13.2 Å². The van der Waals surface area contributed by atoms with E-state index in [0.29, 0.717) is 18.5 Å². The van der Waals surface area contributed by atoms with Crippen LogP contribution in [-0.4, -0.2) is 36.7 Å². The largest absolute Gasteiger partial charge is 0.356 e. The molecule has 2 N–H and O–H groups in total. The van der Waals surface area contributed by atoms with Gasteiger partial charge in [0.2, 0.25) is 15.9 Å². The first-order valence-electron chi connectivity index (χ1n) is 10.3. The van der Waals surface area contributed by atoms with E-state index in [1.165, 1.54) is 16.6 Å². The summed E-state index contributed by atoms with van der Waals surface area (Å²) in [6.07, 6.45) is 2.33. The Kier molecular flexibility index (Phi) is 6.74. The number of carbonyl (C=O) groups is 1. The highest BCUT2D eigenvalue weighted by Crippen LogP contribution is 2.28. The molecule has 1 fully saturated rings. The normalized spacial score (nSPS) is 15.3. The molecule has 9 heteroatoms. The number of hydrogen-bond donors (Lipinski definition) is 2. The van der Waals surface area contributed by atoms with Gasteiger partial charge in [0.05, 0.1) is 0 Å². The molecule has 1 aliphatic heterocycles. The zero-order chi connectivity index (χ0) is 22.6. The quantitative estimate of drug-likeness (QED) is 0.517. The molecule has 0 saturated carbocycles. The van der Waals surface area contributed by atoms with E-state index in [4.69, 9.17) is 11.6 Å². The third-order valence-electron chi connectivity index (χ3n) is 5.38. The summed E-state index contributed by atoms with van der Waals surface area (Å²) in [4.78, 5) is 16.5. The van der Waals surface area contributed by atoms with Crippen molar-refractivity contribution in [2.75, 3.05) is 23.7 Å². The van der Waals surface area contributed by atoms with Crippen LogP contribution in [0.15, 0.2) is 77.8 Å². The maximum absolute atomic E-state index is 12.8. The van der Waals surface area contributed by atoms with E-state index >= 15 is 0 Å². The number of anilines is 3. The predicted molar refractivity (Wildman–Crippen MR) is 126 cm³/mol. The summed E-state index contributed by atoms with van der Waals surface area (Å²) in [6.45, 7) is 0.511. The molecular formula is C23H23ClN4O3S. The number of aromatic nitrogens is 1. The van der Waals surface area contributed by atoms with Crippen LogP contribution in [0.25, 0.3) is 0 Å². The maximum atomic E-state index is 12.8. The van der Waals surface area contributed by atoms with Crippen molar-refractivity contribution in [2.24, 2.45) is 5.92 Å². The number of nitrogens with zero attached hydrogens (tertiary/aromatic N) is 2. The van der Waals surface area contributed by atoms with Crippen molar-refractivity contribution in [1.29, 1.82) is 0 Å². The van der Waals surface area contributed by atoms with Crippen molar-refractivity contribution in [3.63, 3.8) is 0 Å². The summed E-state index contributed by atoms with van der Waals surface area (Å²) in [5, 5.41) is 6.18. The molecule has 0 aliphatic carbocycles. The van der Waals surface area contributed by atoms with Gasteiger partial charge in [-0.1, -0.05) is 29.8 Å². The number of piperidine rings is 1. The lowest BCUT2D eigenvalue weighted by Crippen LogP contribution is -2.41. The molecule has 0 radical (unpaired) electrons. The second-order valence-corrected chi connectivity index (χ2v) is 9.79. The van der Waals surface area contributed by atoms with Crippen LogP contribution in [0, 0.1) is 5.92 Å². The molecule has 3 aromatic rings. The lowest BCUT2D eigenvalue weighted by molar-refractivity contribution is -0.120. The minimum atomic E-state index is -3.73. The van der Waals surface area contributed by atoms with E-state index in [0.717, 1.165) is 11.4 Å². The Balaban J connectivity index is 1.32. The highest BCUT2D eigenvalue weighted by Gasteiger charge is 2.33. The van der Waals surface area contributed by atoms with E-state index in [-0.39, 0.29) is 35.0 Å². The van der Waals surface area contributed by atoms with Crippen molar-refractivity contribution in [1.82, 2.24) is 9.29 Å². The molecule has 0 spiro atoms. The molecule has 1 amide bonds. The molecule has 2 aromatic carbocycles. The Labute approximate surface area is 192 Å². The third kappa shape index (κ3) is 5.09. The van der Waals surface area contributed by atoms with Crippen LogP contribution in [0.1, 0.15) is 12.8 Å². The van der Waals surface area contributed by atoms with Crippen LogP contribution in [0.2, 0.25) is 5.15 Å². The van der Waals surface area contributed by atoms with Crippen LogP contribution >= 0.6 is 11.6 Å². The van der Waals surface area contributed by atoms with Crippen LogP contribution in [0.5, 0.6) is 0 Å². The van der Waals surface area contributed by atoms with Crippen LogP contribution in [0.4, 0.5) is 17.1 Å². The molecule has 32 heavy (non-hydrogen) atoms. The zero-order valence-corrected chi connectivity index (χ0v) is 18.8. The fourth-order valence-corrected chi connectivity index (χ4v) is 5.53. The molecule has 1 aliphatic rings. The standard InChI is InChI=1S/C23H23ClN4O3S/c24-22-21(7-4-14-25-22)32(30,31)28-15-12-17(13-16-28)23(29)27-20-10-8-19(9-11-20)26-18-5-2-1-3-6-18/h1-11,14,17,26H,12-13,15-16H2,(H,27,29). The second kappa shape index (κ2) is 9.68. The van der Waals surface area contributed by atoms with Gasteiger partial charge in [-0.3, -0.25) is 4.79 Å². The summed E-state index contributed by atoms with van der Waals surface area (Å²) < 4.78 is 27.0. The Morgan fingerprint density at radius 2 is 1.53 bits per heavy atom. The van der Waals surface area contributed by atoms with E-state index < -0.39 is 10.0 Å². The summed E-state index contributed by atoms with van der Waals surface area (Å²) in [5.41, 5.74) is 2.60. The number of hydrogen-bond acceptors (Lipinski definition) is 5. The van der Waals surface area contributed by atoms with E-state index in [1.54, 1.807) is 6.07 Å². The lowest BCUT2D eigenvalue weighted by Gasteiger charge is -2.30. The number of benzene rings is 2. The number of sulfonamides is 1. The van der Waals surface area contributed by atoms with Crippen LogP contribution < -0.4 is 10.6 Å². The van der Waals surface area contributed by atoms with Gasteiger partial charge in [-0.2, -0.15) is 4.31 Å². The van der Waals surface area contributed by atoms with Gasteiger partial charge < -0.3 is 10.6 Å². The molecule has 7 nitrogen and oxygen atoms in total. The first-order chi connectivity index (χ1) is 15.4. The van der Waals surface area contributed by atoms with E-state index in [1.807, 2.05) is 54.6 Å². The molecule has 166 valence electrons. The number of rotatable bonds is 6. The zero-order valence-electron chi connectivity index (χ0n) is 17.2. The minimum absolute atomic E-state index is 0.00577. The highest BCUT2D eigenvalue weighted by molar-refractivity contribution is 7.89. The molecule has 4 rings (SSSR count). The summed E-state index contributed by atoms with van der Waals surface area (Å²) in [6, 6.07) is 20.3. The number of pyridine rings is 1. The summed E-state index contributed by atoms with van der Waals surface area (Å²) in [7, 11) is -3.73. The van der Waals surface area contributed by atoms with Gasteiger partial charge in [0.25, 0.3) is 0 Å². The Hall–Kier alpha value is -2.94. The van der Waals surface area contributed by atoms with Gasteiger partial charge in [-0.05, 0) is 61.4 Å². The monoisotopic (exact) mass is 470 g/mol. The number of amides is 1. The molecule has 0 atom stereocenters. The van der Waals surface area contributed by atoms with Gasteiger partial charge >= 0.3 is 0 Å². The second-order valence-electron chi connectivity index (χ2n) is 7.53. The maximum Gasteiger partial charge on any atom is 0.246 e. The SMILES string of the molecule is O=C(Nc1ccc(Nc2ccccc2)cc1)C1CCN(S(=O)(=O)c2cccnc2Cl)CC1. The van der Waals surface area contributed by atoms with Crippen molar-refractivity contribution >= 4 is 44.6 Å². The van der Waals surface area contributed by atoms with Gasteiger partial charge in [-0.15, -0.1) is 0 Å². The number of para-hydroxylation sites is 1. The molecular weight excluding hydrogens is 448 g/mol. The van der Waals surface area contributed by atoms with Gasteiger partial charge in [-0.25, -0.2) is 13.4 Å². The smallest absolute Gasteiger partial charge is 0.246 e. The molecule has 1 aromatic heterocycles. The number of carbonyl (C=O) groups excluding carboxylic acids is 1. The molecule has 0 bridgehead atoms. The Bertz CT molecular complexity index is 1180. The molecule has 2 heterocycles. The van der Waals surface area contributed by atoms with Crippen molar-refractivity contribution in [3.8, 4) is 0 Å². The third-order valence-corrected chi connectivity index (χ3v) is 7.73. The first-order valence-corrected chi connectivity index (χ1v) is 12.1. The topological polar surface area (TPSA) is 91.4 Å². The fraction of sp³-hybridized carbons (Fsp3) is 0.217. The van der Waals surface area contributed by atoms with Gasteiger partial charge in [0.1, 0.15) is 10.0 Å². The first kappa shape index (κ1) is 22.3. The number of nitrogens with one attached hydrogen (secondary N) is 2. The average Bonchev–Trinajstić information content (AvgIpc) is 2.81. The van der Waals surface area contributed by atoms with E-state index in [2.05, 4.69) is 15.6 Å². The fourth-order valence-electron chi connectivity index (χ4n) is 3.63. The Morgan fingerprint density at radius 3 is 2.19 bits per heavy atom. The summed E-state index contributed by atoms with van der Waals surface area (Å²) in [5.74, 6) is -0.363. The van der Waals surface area contributed by atoms with Crippen LogP contribution in [0.3, 0.4) is 0 Å². The van der Waals surface area contributed by atoms with Gasteiger partial charge in [0, 0.05) is 42.3 Å². The van der Waals surface area contributed by atoms with Gasteiger partial charge in [0.15, 0.2) is 0 Å². The Morgan fingerprint density at radius 1 is 0.906 bits per heavy atom.